The second kappa shape index (κ2) is 14.3. The minimum atomic E-state index is -0.337. The van der Waals surface area contributed by atoms with Crippen LogP contribution in [0.15, 0.2) is 59.5 Å². The third-order valence-corrected chi connectivity index (χ3v) is 9.14. The van der Waals surface area contributed by atoms with Crippen molar-refractivity contribution >= 4 is 63.4 Å². The number of aromatic nitrogens is 3. The van der Waals surface area contributed by atoms with Gasteiger partial charge in [0.1, 0.15) is 5.02 Å². The number of carbonyl (C=O) groups is 3. The minimum absolute atomic E-state index is 0.0781. The Kier molecular flexibility index (Phi) is 9.76. The number of hydrogen-bond donors (Lipinski definition) is 4. The maximum Gasteiger partial charge on any atom is 0.293 e. The average molecular weight is 673 g/mol. The van der Waals surface area contributed by atoms with E-state index in [9.17, 15) is 19.2 Å². The van der Waals surface area contributed by atoms with E-state index >= 15 is 0 Å². The molecule has 4 heterocycles. The van der Waals surface area contributed by atoms with Crippen LogP contribution in [0.5, 0.6) is 5.75 Å². The predicted molar refractivity (Wildman–Crippen MR) is 184 cm³/mol. The largest absolute Gasteiger partial charge is 0.478 e. The van der Waals surface area contributed by atoms with E-state index in [2.05, 4.69) is 31.2 Å². The van der Waals surface area contributed by atoms with Crippen LogP contribution in [0.4, 0.5) is 23.1 Å². The number of fused-ring (bicyclic) bond motifs is 1. The Labute approximate surface area is 282 Å². The van der Waals surface area contributed by atoms with Gasteiger partial charge in [-0.15, -0.1) is 0 Å². The zero-order valence-corrected chi connectivity index (χ0v) is 27.5. The standard InChI is InChI=1S/C34H37ClN8O5/c1-36-30(45)19-48-28-16-22-15-24(7-9-27(22)42(2)33(28)47)39-31-26(35)18-38-34(41-31)43-13-11-20(12-14-43)17-37-23-5-3-21(4-6-23)25-8-10-29(44)40-32(25)46/h3-7,9,15-16,18,20,25,37H,8,10-14,17,19H2,1-2H3,(H,36,45)(H,38,39,41)(H,40,44,46). The first-order chi connectivity index (χ1) is 23.2. The van der Waals surface area contributed by atoms with Crippen LogP contribution in [-0.4, -0.2) is 65.5 Å². The van der Waals surface area contributed by atoms with Gasteiger partial charge in [-0.25, -0.2) is 4.98 Å². The Bertz CT molecular complexity index is 1910. The number of anilines is 4. The highest BCUT2D eigenvalue weighted by Gasteiger charge is 2.28. The molecule has 14 heteroatoms. The second-order valence-electron chi connectivity index (χ2n) is 12.0. The Morgan fingerprint density at radius 1 is 1.04 bits per heavy atom. The van der Waals surface area contributed by atoms with Gasteiger partial charge in [0.25, 0.3) is 11.5 Å². The van der Waals surface area contributed by atoms with Crippen molar-refractivity contribution in [1.29, 1.82) is 0 Å². The summed E-state index contributed by atoms with van der Waals surface area (Å²) in [6.07, 6.45) is 4.42. The highest BCUT2D eigenvalue weighted by Crippen LogP contribution is 2.30. The number of likely N-dealkylation sites (N-methyl/N-ethyl adjacent to an activating group) is 1. The van der Waals surface area contributed by atoms with Crippen LogP contribution < -0.4 is 36.5 Å². The Morgan fingerprint density at radius 2 is 1.79 bits per heavy atom. The van der Waals surface area contributed by atoms with Crippen molar-refractivity contribution in [2.75, 3.05) is 48.8 Å². The third-order valence-electron chi connectivity index (χ3n) is 8.87. The third kappa shape index (κ3) is 7.36. The molecule has 0 saturated carbocycles. The van der Waals surface area contributed by atoms with Gasteiger partial charge in [0, 0.05) is 56.9 Å². The van der Waals surface area contributed by atoms with Gasteiger partial charge in [-0.05, 0) is 67.1 Å². The highest BCUT2D eigenvalue weighted by atomic mass is 35.5. The summed E-state index contributed by atoms with van der Waals surface area (Å²) in [6.45, 7) is 2.16. The number of imide groups is 1. The molecular weight excluding hydrogens is 636 g/mol. The molecule has 2 aliphatic rings. The van der Waals surface area contributed by atoms with Gasteiger partial charge in [-0.3, -0.25) is 24.5 Å². The number of rotatable bonds is 10. The highest BCUT2D eigenvalue weighted by molar-refractivity contribution is 6.32. The van der Waals surface area contributed by atoms with Crippen molar-refractivity contribution in [3.05, 3.63) is 75.7 Å². The fourth-order valence-electron chi connectivity index (χ4n) is 6.03. The van der Waals surface area contributed by atoms with Crippen LogP contribution in [0.2, 0.25) is 5.02 Å². The molecule has 250 valence electrons. The molecule has 13 nitrogen and oxygen atoms in total. The van der Waals surface area contributed by atoms with Gasteiger partial charge in [-0.2, -0.15) is 4.98 Å². The van der Waals surface area contributed by atoms with Crippen LogP contribution in [0.1, 0.15) is 37.2 Å². The lowest BCUT2D eigenvalue weighted by molar-refractivity contribution is -0.134. The maximum absolute atomic E-state index is 12.7. The Balaban J connectivity index is 1.05. The number of ether oxygens (including phenoxy) is 1. The van der Waals surface area contributed by atoms with Gasteiger partial charge in [0.2, 0.25) is 17.8 Å². The second-order valence-corrected chi connectivity index (χ2v) is 12.4. The number of benzene rings is 2. The van der Waals surface area contributed by atoms with Gasteiger partial charge in [0.05, 0.1) is 17.6 Å². The molecule has 2 aromatic carbocycles. The zero-order chi connectivity index (χ0) is 33.8. The fourth-order valence-corrected chi connectivity index (χ4v) is 6.17. The molecule has 1 unspecified atom stereocenters. The lowest BCUT2D eigenvalue weighted by Gasteiger charge is -2.32. The number of carbonyl (C=O) groups excluding carboxylic acids is 3. The van der Waals surface area contributed by atoms with E-state index in [1.54, 1.807) is 19.3 Å². The molecule has 2 aliphatic heterocycles. The van der Waals surface area contributed by atoms with Crippen LogP contribution in [0, 0.1) is 5.92 Å². The van der Waals surface area contributed by atoms with E-state index in [0.29, 0.717) is 46.8 Å². The number of nitrogens with one attached hydrogen (secondary N) is 4. The smallest absolute Gasteiger partial charge is 0.293 e. The quantitative estimate of drug-likeness (QED) is 0.183. The van der Waals surface area contributed by atoms with E-state index in [1.807, 2.05) is 42.5 Å². The van der Waals surface area contributed by atoms with Crippen LogP contribution in [-0.2, 0) is 21.4 Å². The number of hydrogen-bond acceptors (Lipinski definition) is 10. The van der Waals surface area contributed by atoms with Crippen LogP contribution in [0.25, 0.3) is 10.9 Å². The topological polar surface area (TPSA) is 160 Å². The lowest BCUT2D eigenvalue weighted by atomic mass is 9.90. The molecule has 0 radical (unpaired) electrons. The van der Waals surface area contributed by atoms with E-state index in [-0.39, 0.29) is 41.6 Å². The zero-order valence-electron chi connectivity index (χ0n) is 26.7. The first-order valence-corrected chi connectivity index (χ1v) is 16.3. The summed E-state index contributed by atoms with van der Waals surface area (Å²) >= 11 is 6.50. The average Bonchev–Trinajstić information content (AvgIpc) is 3.09. The molecule has 4 aromatic rings. The lowest BCUT2D eigenvalue weighted by Crippen LogP contribution is -2.39. The number of aryl methyl sites for hydroxylation is 1. The summed E-state index contributed by atoms with van der Waals surface area (Å²) in [7, 11) is 3.16. The Hall–Kier alpha value is -5.17. The normalized spacial score (nSPS) is 16.8. The minimum Gasteiger partial charge on any atom is -0.478 e. The summed E-state index contributed by atoms with van der Waals surface area (Å²) in [5, 5.41) is 12.8. The van der Waals surface area contributed by atoms with Crippen molar-refractivity contribution in [2.45, 2.75) is 31.6 Å². The summed E-state index contributed by atoms with van der Waals surface area (Å²) in [5.74, 6) is 0.547. The maximum atomic E-state index is 12.7. The van der Waals surface area contributed by atoms with Crippen molar-refractivity contribution in [1.82, 2.24) is 25.2 Å². The monoisotopic (exact) mass is 672 g/mol. The van der Waals surface area contributed by atoms with E-state index < -0.39 is 0 Å². The van der Waals surface area contributed by atoms with E-state index in [4.69, 9.17) is 21.3 Å². The molecule has 2 saturated heterocycles. The summed E-state index contributed by atoms with van der Waals surface area (Å²) in [4.78, 5) is 59.4. The van der Waals surface area contributed by atoms with Gasteiger partial charge < -0.3 is 30.2 Å². The molecule has 1 atom stereocenters. The van der Waals surface area contributed by atoms with E-state index in [0.717, 1.165) is 49.1 Å². The molecule has 0 spiro atoms. The molecule has 48 heavy (non-hydrogen) atoms. The number of pyridine rings is 1. The van der Waals surface area contributed by atoms with E-state index in [1.165, 1.54) is 11.6 Å². The fraction of sp³-hybridized carbons (Fsp3) is 0.353. The number of amides is 3. The molecule has 0 aliphatic carbocycles. The van der Waals surface area contributed by atoms with Gasteiger partial charge >= 0.3 is 0 Å². The number of piperidine rings is 2. The summed E-state index contributed by atoms with van der Waals surface area (Å²) in [5.41, 5.74) is 2.99. The Morgan fingerprint density at radius 3 is 2.52 bits per heavy atom. The van der Waals surface area contributed by atoms with Crippen LogP contribution >= 0.6 is 11.6 Å². The molecule has 2 fully saturated rings. The van der Waals surface area contributed by atoms with Crippen LogP contribution in [0.3, 0.4) is 0 Å². The number of nitrogens with zero attached hydrogens (tertiary/aromatic N) is 4. The molecule has 2 aromatic heterocycles. The van der Waals surface area contributed by atoms with Crippen molar-refractivity contribution in [3.63, 3.8) is 0 Å². The van der Waals surface area contributed by atoms with Gasteiger partial charge in [0.15, 0.2) is 18.2 Å². The first-order valence-electron chi connectivity index (χ1n) is 15.9. The predicted octanol–water partition coefficient (Wildman–Crippen LogP) is 3.70. The van der Waals surface area contributed by atoms with Crippen molar-refractivity contribution < 1.29 is 19.1 Å². The SMILES string of the molecule is CNC(=O)COc1cc2cc(Nc3nc(N4CCC(CNc5ccc(C6CCC(=O)NC6=O)cc5)CC4)ncc3Cl)ccc2n(C)c1=O. The molecular formula is C34H37ClN8O5. The van der Waals surface area contributed by atoms with Crippen molar-refractivity contribution in [3.8, 4) is 5.75 Å². The summed E-state index contributed by atoms with van der Waals surface area (Å²) < 4.78 is 6.96. The molecule has 4 N–H and O–H groups in total. The first kappa shape index (κ1) is 32.8. The number of halogens is 1. The molecule has 0 bridgehead atoms. The van der Waals surface area contributed by atoms with Gasteiger partial charge in [-0.1, -0.05) is 23.7 Å². The molecule has 3 amide bonds. The summed E-state index contributed by atoms with van der Waals surface area (Å²) in [6, 6.07) is 15.0. The molecule has 6 rings (SSSR count). The van der Waals surface area contributed by atoms with Crippen molar-refractivity contribution in [2.24, 2.45) is 13.0 Å².